The van der Waals surface area contributed by atoms with Gasteiger partial charge in [0.05, 0.1) is 27.4 Å². The molecular formula is C12H21BrN4O2S. The fraction of sp³-hybridized carbons (Fsp3) is 0.750. The van der Waals surface area contributed by atoms with Crippen molar-refractivity contribution >= 4 is 25.8 Å². The predicted octanol–water partition coefficient (Wildman–Crippen LogP) is 0.554. The van der Waals surface area contributed by atoms with Crippen molar-refractivity contribution in [2.24, 2.45) is 18.8 Å². The minimum Gasteiger partial charge on any atom is -0.271 e. The van der Waals surface area contributed by atoms with Gasteiger partial charge in [0.25, 0.3) is 0 Å². The molecule has 2 rings (SSSR count). The van der Waals surface area contributed by atoms with Gasteiger partial charge >= 0.3 is 0 Å². The Morgan fingerprint density at radius 3 is 2.75 bits per heavy atom. The molecule has 1 aliphatic rings. The average Bonchev–Trinajstić information content (AvgIpc) is 2.88. The van der Waals surface area contributed by atoms with Crippen LogP contribution in [0.25, 0.3) is 0 Å². The second kappa shape index (κ2) is 6.13. The number of aryl methyl sites for hydroxylation is 2. The quantitative estimate of drug-likeness (QED) is 0.588. The summed E-state index contributed by atoms with van der Waals surface area (Å²) < 4.78 is 26.1. The van der Waals surface area contributed by atoms with E-state index in [-0.39, 0.29) is 23.5 Å². The van der Waals surface area contributed by atoms with E-state index in [1.54, 1.807) is 0 Å². The van der Waals surface area contributed by atoms with Crippen molar-refractivity contribution < 1.29 is 8.42 Å². The summed E-state index contributed by atoms with van der Waals surface area (Å²) in [6, 6.07) is -0.0521. The van der Waals surface area contributed by atoms with Crippen LogP contribution in [-0.2, 0) is 29.7 Å². The van der Waals surface area contributed by atoms with Crippen molar-refractivity contribution in [2.75, 3.05) is 11.5 Å². The molecule has 2 atom stereocenters. The lowest BCUT2D eigenvalue weighted by Crippen LogP contribution is -2.43. The van der Waals surface area contributed by atoms with E-state index in [0.717, 1.165) is 22.3 Å². The number of rotatable bonds is 5. The molecule has 0 aromatic carbocycles. The highest BCUT2D eigenvalue weighted by atomic mass is 79.9. The zero-order valence-corrected chi connectivity index (χ0v) is 14.2. The van der Waals surface area contributed by atoms with Crippen LogP contribution in [-0.4, -0.2) is 35.7 Å². The standard InChI is InChI=1S/C12H21BrN4O2S/c1-3-9-12(13)11(17(2)16-9)6-10(15-14)8-4-5-20(18,19)7-8/h8,10,15H,3-7,14H2,1-2H3. The van der Waals surface area contributed by atoms with Gasteiger partial charge in [-0.05, 0) is 34.7 Å². The monoisotopic (exact) mass is 364 g/mol. The number of hydrogen-bond donors (Lipinski definition) is 2. The molecule has 2 unspecified atom stereocenters. The second-order valence-electron chi connectivity index (χ2n) is 5.32. The highest BCUT2D eigenvalue weighted by Gasteiger charge is 2.34. The molecule has 8 heteroatoms. The summed E-state index contributed by atoms with van der Waals surface area (Å²) in [5.41, 5.74) is 4.85. The molecule has 0 saturated carbocycles. The van der Waals surface area contributed by atoms with E-state index in [9.17, 15) is 8.42 Å². The number of nitrogens with two attached hydrogens (primary N) is 1. The fourth-order valence-electron chi connectivity index (χ4n) is 2.75. The van der Waals surface area contributed by atoms with Crippen LogP contribution in [0.15, 0.2) is 4.47 Å². The van der Waals surface area contributed by atoms with Crippen LogP contribution in [0, 0.1) is 5.92 Å². The van der Waals surface area contributed by atoms with Crippen molar-refractivity contribution in [2.45, 2.75) is 32.2 Å². The minimum atomic E-state index is -2.89. The van der Waals surface area contributed by atoms with E-state index in [1.807, 2.05) is 11.7 Å². The number of hydrogen-bond acceptors (Lipinski definition) is 5. The van der Waals surface area contributed by atoms with Crippen molar-refractivity contribution in [1.82, 2.24) is 15.2 Å². The van der Waals surface area contributed by atoms with Gasteiger partial charge in [-0.15, -0.1) is 0 Å². The van der Waals surface area contributed by atoms with Gasteiger partial charge in [0, 0.05) is 19.5 Å². The van der Waals surface area contributed by atoms with Gasteiger partial charge in [-0.2, -0.15) is 5.10 Å². The van der Waals surface area contributed by atoms with Crippen LogP contribution in [0.1, 0.15) is 24.7 Å². The third-order valence-corrected chi connectivity index (χ3v) is 6.68. The number of nitrogens with zero attached hydrogens (tertiary/aromatic N) is 2. The second-order valence-corrected chi connectivity index (χ2v) is 8.35. The molecule has 6 nitrogen and oxygen atoms in total. The Bertz CT molecular complexity index is 585. The molecule has 1 aliphatic heterocycles. The van der Waals surface area contributed by atoms with Crippen LogP contribution in [0.4, 0.5) is 0 Å². The lowest BCUT2D eigenvalue weighted by atomic mass is 9.95. The first-order chi connectivity index (χ1) is 9.38. The Balaban J connectivity index is 2.17. The molecule has 1 aromatic rings. The Morgan fingerprint density at radius 1 is 1.60 bits per heavy atom. The molecule has 0 radical (unpaired) electrons. The molecule has 0 aliphatic carbocycles. The van der Waals surface area contributed by atoms with E-state index >= 15 is 0 Å². The largest absolute Gasteiger partial charge is 0.271 e. The van der Waals surface area contributed by atoms with Gasteiger partial charge < -0.3 is 0 Å². The number of nitrogens with one attached hydrogen (secondary N) is 1. The average molecular weight is 365 g/mol. The van der Waals surface area contributed by atoms with Crippen LogP contribution in [0.5, 0.6) is 0 Å². The third-order valence-electron chi connectivity index (χ3n) is 3.97. The van der Waals surface area contributed by atoms with Gasteiger partial charge in [0.2, 0.25) is 0 Å². The Hall–Kier alpha value is -0.440. The van der Waals surface area contributed by atoms with Crippen molar-refractivity contribution in [3.05, 3.63) is 15.9 Å². The normalized spacial score (nSPS) is 23.1. The van der Waals surface area contributed by atoms with Gasteiger partial charge in [0.15, 0.2) is 9.84 Å². The summed E-state index contributed by atoms with van der Waals surface area (Å²) in [5.74, 6) is 6.19. The maximum Gasteiger partial charge on any atom is 0.150 e. The Kier molecular flexibility index (Phi) is 4.88. The van der Waals surface area contributed by atoms with E-state index in [4.69, 9.17) is 5.84 Å². The summed E-state index contributed by atoms with van der Waals surface area (Å²) in [6.07, 6.45) is 2.20. The smallest absolute Gasteiger partial charge is 0.150 e. The van der Waals surface area contributed by atoms with E-state index in [2.05, 4.69) is 33.4 Å². The molecule has 20 heavy (non-hydrogen) atoms. The van der Waals surface area contributed by atoms with Crippen LogP contribution in [0.2, 0.25) is 0 Å². The number of halogens is 1. The Morgan fingerprint density at radius 2 is 2.30 bits per heavy atom. The molecule has 1 aromatic heterocycles. The first-order valence-corrected chi connectivity index (χ1v) is 9.36. The van der Waals surface area contributed by atoms with Crippen molar-refractivity contribution in [1.29, 1.82) is 0 Å². The Labute approximate surface area is 128 Å². The topological polar surface area (TPSA) is 90.0 Å². The molecular weight excluding hydrogens is 344 g/mol. The van der Waals surface area contributed by atoms with Gasteiger partial charge in [-0.1, -0.05) is 6.92 Å². The first kappa shape index (κ1) is 15.9. The predicted molar refractivity (Wildman–Crippen MR) is 81.9 cm³/mol. The summed E-state index contributed by atoms with van der Waals surface area (Å²) in [5, 5.41) is 4.45. The third kappa shape index (κ3) is 3.24. The van der Waals surface area contributed by atoms with Gasteiger partial charge in [-0.25, -0.2) is 8.42 Å². The van der Waals surface area contributed by atoms with Gasteiger partial charge in [0.1, 0.15) is 0 Å². The summed E-state index contributed by atoms with van der Waals surface area (Å²) in [7, 11) is -0.991. The summed E-state index contributed by atoms with van der Waals surface area (Å²) in [4.78, 5) is 0. The zero-order valence-electron chi connectivity index (χ0n) is 11.8. The highest BCUT2D eigenvalue weighted by Crippen LogP contribution is 2.27. The van der Waals surface area contributed by atoms with E-state index in [0.29, 0.717) is 12.8 Å². The van der Waals surface area contributed by atoms with Crippen LogP contribution < -0.4 is 11.3 Å². The lowest BCUT2D eigenvalue weighted by molar-refractivity contribution is 0.378. The van der Waals surface area contributed by atoms with Crippen LogP contribution in [0.3, 0.4) is 0 Å². The fourth-order valence-corrected chi connectivity index (χ4v) is 5.41. The number of aromatic nitrogens is 2. The molecule has 0 spiro atoms. The summed E-state index contributed by atoms with van der Waals surface area (Å²) in [6.45, 7) is 2.05. The highest BCUT2D eigenvalue weighted by molar-refractivity contribution is 9.10. The van der Waals surface area contributed by atoms with E-state index < -0.39 is 9.84 Å². The minimum absolute atomic E-state index is 0.0521. The molecule has 3 N–H and O–H groups in total. The summed E-state index contributed by atoms with van der Waals surface area (Å²) >= 11 is 3.58. The molecule has 1 fully saturated rings. The molecule has 0 bridgehead atoms. The molecule has 0 amide bonds. The SMILES string of the molecule is CCc1nn(C)c(CC(NN)C2CCS(=O)(=O)C2)c1Br. The van der Waals surface area contributed by atoms with E-state index in [1.165, 1.54) is 0 Å². The number of hydrazine groups is 1. The van der Waals surface area contributed by atoms with Crippen molar-refractivity contribution in [3.63, 3.8) is 0 Å². The molecule has 1 saturated heterocycles. The van der Waals surface area contributed by atoms with Crippen LogP contribution >= 0.6 is 15.9 Å². The number of sulfone groups is 1. The zero-order chi connectivity index (χ0) is 14.9. The maximum absolute atomic E-state index is 11.6. The van der Waals surface area contributed by atoms with Crippen molar-refractivity contribution in [3.8, 4) is 0 Å². The maximum atomic E-state index is 11.6. The molecule has 2 heterocycles. The first-order valence-electron chi connectivity index (χ1n) is 6.74. The lowest BCUT2D eigenvalue weighted by Gasteiger charge is -2.21. The molecule has 114 valence electrons. The van der Waals surface area contributed by atoms with Gasteiger partial charge in [-0.3, -0.25) is 16.0 Å².